The number of thiophene rings is 1. The van der Waals surface area contributed by atoms with Gasteiger partial charge in [-0.1, -0.05) is 18.2 Å². The van der Waals surface area contributed by atoms with Crippen molar-refractivity contribution < 1.29 is 4.79 Å². The lowest BCUT2D eigenvalue weighted by Gasteiger charge is -2.02. The Morgan fingerprint density at radius 1 is 1.21 bits per heavy atom. The first-order chi connectivity index (χ1) is 9.25. The molecule has 0 unspecified atom stereocenters. The molecule has 0 saturated heterocycles. The smallest absolute Gasteiger partial charge is 0.186 e. The van der Waals surface area contributed by atoms with Gasteiger partial charge in [-0.3, -0.25) is 9.78 Å². The molecule has 0 fully saturated rings. The van der Waals surface area contributed by atoms with Gasteiger partial charge in [0.15, 0.2) is 5.78 Å². The van der Waals surface area contributed by atoms with Crippen molar-refractivity contribution in [3.63, 3.8) is 0 Å². The molecule has 0 aliphatic heterocycles. The molecule has 2 heterocycles. The fraction of sp³-hybridized carbons (Fsp3) is 0.0667. The van der Waals surface area contributed by atoms with Crippen molar-refractivity contribution in [3.8, 4) is 0 Å². The number of nitrogens with zero attached hydrogens (tertiary/aromatic N) is 1. The zero-order valence-electron chi connectivity index (χ0n) is 9.97. The van der Waals surface area contributed by atoms with E-state index < -0.39 is 0 Å². The molecule has 0 spiro atoms. The summed E-state index contributed by atoms with van der Waals surface area (Å²) in [6, 6.07) is 11.8. The zero-order chi connectivity index (χ0) is 13.2. The summed E-state index contributed by atoms with van der Waals surface area (Å²) in [4.78, 5) is 16.4. The van der Waals surface area contributed by atoms with Crippen molar-refractivity contribution in [3.05, 3.63) is 63.7 Å². The summed E-state index contributed by atoms with van der Waals surface area (Å²) >= 11 is 5.04. The molecule has 2 aromatic heterocycles. The number of pyridine rings is 1. The fourth-order valence-electron chi connectivity index (χ4n) is 2.02. The molecule has 0 bridgehead atoms. The van der Waals surface area contributed by atoms with Gasteiger partial charge < -0.3 is 0 Å². The van der Waals surface area contributed by atoms with Crippen molar-refractivity contribution in [2.45, 2.75) is 6.42 Å². The van der Waals surface area contributed by atoms with Gasteiger partial charge in [0.05, 0.1) is 0 Å². The second kappa shape index (κ2) is 5.23. The first-order valence-electron chi connectivity index (χ1n) is 5.84. The molecule has 1 aromatic carbocycles. The third-order valence-corrected chi connectivity index (χ3v) is 4.59. The van der Waals surface area contributed by atoms with Crippen molar-refractivity contribution >= 4 is 43.1 Å². The Morgan fingerprint density at radius 2 is 2.05 bits per heavy atom. The number of hydrogen-bond acceptors (Lipinski definition) is 3. The Bertz CT molecular complexity index is 750. The maximum absolute atomic E-state index is 12.3. The summed E-state index contributed by atoms with van der Waals surface area (Å²) in [7, 11) is 0. The Morgan fingerprint density at radius 3 is 2.89 bits per heavy atom. The minimum absolute atomic E-state index is 0.0380. The number of Topliss-reactive ketones (excluding diaryl/α,β-unsaturated/α-hetero) is 1. The number of fused-ring (bicyclic) bond motifs is 1. The highest BCUT2D eigenvalue weighted by Gasteiger charge is 2.14. The van der Waals surface area contributed by atoms with Gasteiger partial charge in [-0.05, 0) is 50.5 Å². The Kier molecular flexibility index (Phi) is 3.44. The number of rotatable bonds is 3. The van der Waals surface area contributed by atoms with Crippen molar-refractivity contribution in [2.24, 2.45) is 0 Å². The Hall–Kier alpha value is -1.52. The van der Waals surface area contributed by atoms with Gasteiger partial charge in [0, 0.05) is 21.8 Å². The van der Waals surface area contributed by atoms with Crippen LogP contribution in [0.15, 0.2) is 52.4 Å². The summed E-state index contributed by atoms with van der Waals surface area (Å²) in [5.41, 5.74) is 1.57. The number of ketones is 1. The predicted molar refractivity (Wildman–Crippen MR) is 81.8 cm³/mol. The molecule has 0 amide bonds. The third-order valence-electron chi connectivity index (χ3n) is 2.93. The van der Waals surface area contributed by atoms with E-state index in [-0.39, 0.29) is 5.78 Å². The van der Waals surface area contributed by atoms with Crippen molar-refractivity contribution in [1.29, 1.82) is 0 Å². The molecule has 4 heteroatoms. The molecule has 3 aromatic rings. The Labute approximate surface area is 123 Å². The van der Waals surface area contributed by atoms with Crippen LogP contribution in [-0.4, -0.2) is 10.8 Å². The first kappa shape index (κ1) is 12.5. The van der Waals surface area contributed by atoms with Crippen molar-refractivity contribution in [2.75, 3.05) is 0 Å². The summed E-state index contributed by atoms with van der Waals surface area (Å²) < 4.78 is 1.96. The van der Waals surface area contributed by atoms with Crippen LogP contribution < -0.4 is 0 Å². The van der Waals surface area contributed by atoms with E-state index in [2.05, 4.69) is 38.4 Å². The van der Waals surface area contributed by atoms with Gasteiger partial charge in [-0.2, -0.15) is 0 Å². The van der Waals surface area contributed by atoms with Crippen LogP contribution in [0.1, 0.15) is 16.1 Å². The van der Waals surface area contributed by atoms with Gasteiger partial charge in [0.2, 0.25) is 0 Å². The van der Waals surface area contributed by atoms with E-state index in [1.807, 2.05) is 18.2 Å². The first-order valence-corrected chi connectivity index (χ1v) is 7.52. The number of halogens is 1. The van der Waals surface area contributed by atoms with Crippen molar-refractivity contribution in [1.82, 2.24) is 4.98 Å². The van der Waals surface area contributed by atoms with Gasteiger partial charge in [-0.15, -0.1) is 11.3 Å². The largest absolute Gasteiger partial charge is 0.292 e. The van der Waals surface area contributed by atoms with Gasteiger partial charge >= 0.3 is 0 Å². The summed E-state index contributed by atoms with van der Waals surface area (Å²) in [6.45, 7) is 0. The van der Waals surface area contributed by atoms with Crippen LogP contribution in [0.3, 0.4) is 0 Å². The lowest BCUT2D eigenvalue weighted by atomic mass is 10.1. The summed E-state index contributed by atoms with van der Waals surface area (Å²) in [5.74, 6) is 0.0380. The average molecular weight is 332 g/mol. The highest BCUT2D eigenvalue weighted by atomic mass is 79.9. The minimum atomic E-state index is 0.0380. The SMILES string of the molecule is O=C(Cc1csc2ccccc12)c1ncccc1Br. The molecular formula is C15H10BrNOS. The quantitative estimate of drug-likeness (QED) is 0.662. The van der Waals surface area contributed by atoms with E-state index in [1.54, 1.807) is 23.6 Å². The van der Waals surface area contributed by atoms with E-state index in [1.165, 1.54) is 4.70 Å². The standard InChI is InChI=1S/C15H10BrNOS/c16-12-5-3-7-17-15(12)13(18)8-10-9-19-14-6-2-1-4-11(10)14/h1-7,9H,8H2. The number of aromatic nitrogens is 1. The summed E-state index contributed by atoms with van der Waals surface area (Å²) in [6.07, 6.45) is 2.03. The Balaban J connectivity index is 1.94. The van der Waals surface area contributed by atoms with Crippen LogP contribution >= 0.6 is 27.3 Å². The van der Waals surface area contributed by atoms with E-state index in [0.29, 0.717) is 12.1 Å². The lowest BCUT2D eigenvalue weighted by Crippen LogP contribution is -2.06. The molecule has 0 atom stereocenters. The number of carbonyl (C=O) groups is 1. The summed E-state index contributed by atoms with van der Waals surface area (Å²) in [5, 5.41) is 3.22. The molecule has 0 N–H and O–H groups in total. The second-order valence-electron chi connectivity index (χ2n) is 4.19. The second-order valence-corrected chi connectivity index (χ2v) is 5.96. The molecule has 0 radical (unpaired) electrons. The van der Waals surface area contributed by atoms with E-state index in [0.717, 1.165) is 15.4 Å². The molecule has 19 heavy (non-hydrogen) atoms. The molecule has 0 aliphatic rings. The number of carbonyl (C=O) groups excluding carboxylic acids is 1. The van der Waals surface area contributed by atoms with Gasteiger partial charge in [0.1, 0.15) is 5.69 Å². The molecule has 3 rings (SSSR count). The molecular weight excluding hydrogens is 322 g/mol. The van der Waals surface area contributed by atoms with Gasteiger partial charge in [-0.25, -0.2) is 0 Å². The predicted octanol–water partition coefficient (Wildman–Crippen LogP) is 4.48. The molecule has 94 valence electrons. The normalized spacial score (nSPS) is 10.8. The van der Waals surface area contributed by atoms with Gasteiger partial charge in [0.25, 0.3) is 0 Å². The van der Waals surface area contributed by atoms with Crippen LogP contribution in [0.25, 0.3) is 10.1 Å². The number of hydrogen-bond donors (Lipinski definition) is 0. The van der Waals surface area contributed by atoms with E-state index in [9.17, 15) is 4.79 Å². The lowest BCUT2D eigenvalue weighted by molar-refractivity contribution is 0.0988. The molecule has 2 nitrogen and oxygen atoms in total. The van der Waals surface area contributed by atoms with Crippen LogP contribution in [0.5, 0.6) is 0 Å². The maximum atomic E-state index is 12.3. The average Bonchev–Trinajstić information content (AvgIpc) is 2.83. The topological polar surface area (TPSA) is 30.0 Å². The molecule has 0 aliphatic carbocycles. The van der Waals surface area contributed by atoms with Crippen LogP contribution in [0.2, 0.25) is 0 Å². The number of benzene rings is 1. The molecule has 0 saturated carbocycles. The monoisotopic (exact) mass is 331 g/mol. The fourth-order valence-corrected chi connectivity index (χ4v) is 3.46. The van der Waals surface area contributed by atoms with E-state index >= 15 is 0 Å². The highest BCUT2D eigenvalue weighted by Crippen LogP contribution is 2.27. The highest BCUT2D eigenvalue weighted by molar-refractivity contribution is 9.10. The zero-order valence-corrected chi connectivity index (χ0v) is 12.4. The maximum Gasteiger partial charge on any atom is 0.186 e. The third kappa shape index (κ3) is 2.46. The van der Waals surface area contributed by atoms with E-state index in [4.69, 9.17) is 0 Å². The van der Waals surface area contributed by atoms with Crippen LogP contribution in [0.4, 0.5) is 0 Å². The van der Waals surface area contributed by atoms with Crippen LogP contribution in [0, 0.1) is 0 Å². The van der Waals surface area contributed by atoms with Crippen LogP contribution in [-0.2, 0) is 6.42 Å². The minimum Gasteiger partial charge on any atom is -0.292 e.